The first-order valence-corrected chi connectivity index (χ1v) is 14.8. The number of nitrogens with zero attached hydrogens (tertiary/aromatic N) is 4. The van der Waals surface area contributed by atoms with Gasteiger partial charge in [0.25, 0.3) is 11.5 Å². The third kappa shape index (κ3) is 5.26. The normalized spacial score (nSPS) is 16.2. The Balaban J connectivity index is 1.40. The van der Waals surface area contributed by atoms with Crippen molar-refractivity contribution in [3.8, 4) is 0 Å². The number of thioether (sulfide) groups is 1. The summed E-state index contributed by atoms with van der Waals surface area (Å²) in [5.74, 6) is -2.67. The number of fused-ring (bicyclic) bond motifs is 1. The lowest BCUT2D eigenvalue weighted by molar-refractivity contribution is -0.384. The molecule has 0 saturated carbocycles. The van der Waals surface area contributed by atoms with Gasteiger partial charge in [-0.2, -0.15) is 0 Å². The van der Waals surface area contributed by atoms with Crippen molar-refractivity contribution in [1.29, 1.82) is 0 Å². The molecule has 1 aromatic heterocycles. The second kappa shape index (κ2) is 11.4. The molecule has 1 fully saturated rings. The second-order valence-corrected chi connectivity index (χ2v) is 11.9. The van der Waals surface area contributed by atoms with Crippen molar-refractivity contribution in [2.75, 3.05) is 4.90 Å². The molecular formula is C31H21FN4O5S2. The summed E-state index contributed by atoms with van der Waals surface area (Å²) in [7, 11) is 0. The smallest absolute Gasteiger partial charge is 0.301 e. The first-order chi connectivity index (χ1) is 20.7. The number of carbonyl (C=O) groups is 2. The van der Waals surface area contributed by atoms with Gasteiger partial charge in [-0.1, -0.05) is 89.8 Å². The molecule has 9 nitrogen and oxygen atoms in total. The third-order valence-electron chi connectivity index (χ3n) is 7.12. The summed E-state index contributed by atoms with van der Waals surface area (Å²) >= 11 is 2.49. The van der Waals surface area contributed by atoms with Crippen LogP contribution in [0.4, 0.5) is 15.2 Å². The molecular weight excluding hydrogens is 591 g/mol. The number of aromatic nitrogens is 2. The van der Waals surface area contributed by atoms with E-state index in [1.807, 2.05) is 42.5 Å². The molecule has 2 heterocycles. The van der Waals surface area contributed by atoms with Gasteiger partial charge in [-0.05, 0) is 40.5 Å². The predicted octanol–water partition coefficient (Wildman–Crippen LogP) is 6.97. The minimum absolute atomic E-state index is 0.0138. The lowest BCUT2D eigenvalue weighted by Crippen LogP contribution is -2.29. The predicted molar refractivity (Wildman–Crippen MR) is 162 cm³/mol. The Labute approximate surface area is 252 Å². The standard InChI is InChI=1S/C31H21FN4O5S2/c1-17-12-13-20(15-24(17)32)27(37)25-26(19-8-5-10-22(14-19)36(40)41)35(29(39)28(25)38)30-33-34-31(43-30)42-16-21-9-4-7-18-6-2-3-11-23(18)21/h2-15,26,37H,16H2,1H3/t26-/m1/s1. The van der Waals surface area contributed by atoms with Gasteiger partial charge in [0.2, 0.25) is 5.13 Å². The van der Waals surface area contributed by atoms with Crippen LogP contribution >= 0.6 is 23.1 Å². The highest BCUT2D eigenvalue weighted by Gasteiger charge is 2.48. The number of nitro benzene ring substituents is 1. The lowest BCUT2D eigenvalue weighted by atomic mass is 9.95. The van der Waals surface area contributed by atoms with E-state index in [0.717, 1.165) is 38.6 Å². The summed E-state index contributed by atoms with van der Waals surface area (Å²) in [6.07, 6.45) is 0. The van der Waals surface area contributed by atoms with Crippen LogP contribution in [0.1, 0.15) is 28.3 Å². The molecule has 1 atom stereocenters. The number of hydrogen-bond donors (Lipinski definition) is 1. The highest BCUT2D eigenvalue weighted by molar-refractivity contribution is 8.00. The van der Waals surface area contributed by atoms with Gasteiger partial charge in [-0.15, -0.1) is 10.2 Å². The van der Waals surface area contributed by atoms with Crippen molar-refractivity contribution in [1.82, 2.24) is 10.2 Å². The summed E-state index contributed by atoms with van der Waals surface area (Å²) < 4.78 is 14.9. The number of ketones is 1. The molecule has 1 amide bonds. The van der Waals surface area contributed by atoms with Crippen molar-refractivity contribution >= 4 is 62.1 Å². The highest BCUT2D eigenvalue weighted by Crippen LogP contribution is 2.44. The number of aryl methyl sites for hydroxylation is 1. The van der Waals surface area contributed by atoms with E-state index >= 15 is 0 Å². The number of anilines is 1. The number of aliphatic hydroxyl groups excluding tert-OH is 1. The number of hydrogen-bond acceptors (Lipinski definition) is 9. The quantitative estimate of drug-likeness (QED) is 0.0397. The van der Waals surface area contributed by atoms with Crippen molar-refractivity contribution in [3.05, 3.63) is 129 Å². The molecule has 0 aliphatic carbocycles. The van der Waals surface area contributed by atoms with E-state index in [0.29, 0.717) is 15.7 Å². The summed E-state index contributed by atoms with van der Waals surface area (Å²) in [5, 5.41) is 33.5. The number of Topliss-reactive ketones (excluding diaryl/α,β-unsaturated/α-hetero) is 1. The lowest BCUT2D eigenvalue weighted by Gasteiger charge is -2.22. The molecule has 6 rings (SSSR count). The minimum atomic E-state index is -1.27. The maximum atomic E-state index is 14.4. The number of rotatable bonds is 7. The molecule has 1 aliphatic heterocycles. The van der Waals surface area contributed by atoms with E-state index in [2.05, 4.69) is 10.2 Å². The molecule has 4 aromatic carbocycles. The third-order valence-corrected chi connectivity index (χ3v) is 9.22. The average molecular weight is 613 g/mol. The van der Waals surface area contributed by atoms with Gasteiger partial charge in [-0.25, -0.2) is 4.39 Å². The second-order valence-electron chi connectivity index (χ2n) is 9.76. The molecule has 0 unspecified atom stereocenters. The van der Waals surface area contributed by atoms with Crippen molar-refractivity contribution < 1.29 is 24.0 Å². The Morgan fingerprint density at radius 2 is 1.81 bits per heavy atom. The van der Waals surface area contributed by atoms with Gasteiger partial charge in [-0.3, -0.25) is 24.6 Å². The molecule has 43 heavy (non-hydrogen) atoms. The number of benzene rings is 4. The number of halogens is 1. The molecule has 214 valence electrons. The van der Waals surface area contributed by atoms with Gasteiger partial charge < -0.3 is 5.11 Å². The maximum absolute atomic E-state index is 14.4. The van der Waals surface area contributed by atoms with Crippen LogP contribution in [0.3, 0.4) is 0 Å². The molecule has 1 saturated heterocycles. The Morgan fingerprint density at radius 3 is 2.60 bits per heavy atom. The van der Waals surface area contributed by atoms with Crippen molar-refractivity contribution in [3.63, 3.8) is 0 Å². The van der Waals surface area contributed by atoms with Gasteiger partial charge in [0, 0.05) is 23.4 Å². The van der Waals surface area contributed by atoms with Gasteiger partial charge >= 0.3 is 5.91 Å². The van der Waals surface area contributed by atoms with Crippen LogP contribution in [0.5, 0.6) is 0 Å². The molecule has 0 radical (unpaired) electrons. The van der Waals surface area contributed by atoms with Crippen LogP contribution in [0.2, 0.25) is 0 Å². The van der Waals surface area contributed by atoms with Crippen LogP contribution in [0.25, 0.3) is 16.5 Å². The molecule has 1 aliphatic rings. The van der Waals surface area contributed by atoms with Crippen LogP contribution in [0, 0.1) is 22.9 Å². The van der Waals surface area contributed by atoms with Crippen molar-refractivity contribution in [2.24, 2.45) is 0 Å². The van der Waals surface area contributed by atoms with Gasteiger partial charge in [0.1, 0.15) is 11.6 Å². The zero-order valence-electron chi connectivity index (χ0n) is 22.4. The summed E-state index contributed by atoms with van der Waals surface area (Å²) in [6.45, 7) is 1.55. The van der Waals surface area contributed by atoms with Crippen LogP contribution in [-0.4, -0.2) is 31.9 Å². The monoisotopic (exact) mass is 612 g/mol. The zero-order chi connectivity index (χ0) is 30.2. The molecule has 5 aromatic rings. The maximum Gasteiger partial charge on any atom is 0.301 e. The first-order valence-electron chi connectivity index (χ1n) is 13.0. The van der Waals surface area contributed by atoms with Gasteiger partial charge in [0.15, 0.2) is 4.34 Å². The Hall–Kier alpha value is -4.94. The van der Waals surface area contributed by atoms with E-state index in [1.54, 1.807) is 6.92 Å². The van der Waals surface area contributed by atoms with Gasteiger partial charge in [0.05, 0.1) is 16.5 Å². The molecule has 12 heteroatoms. The van der Waals surface area contributed by atoms with Crippen LogP contribution in [0.15, 0.2) is 94.8 Å². The Morgan fingerprint density at radius 1 is 1.05 bits per heavy atom. The number of nitro groups is 1. The minimum Gasteiger partial charge on any atom is -0.507 e. The first kappa shape index (κ1) is 28.2. The molecule has 1 N–H and O–H groups in total. The van der Waals surface area contributed by atoms with E-state index in [-0.39, 0.29) is 27.5 Å². The molecule has 0 bridgehead atoms. The van der Waals surface area contributed by atoms with E-state index in [1.165, 1.54) is 48.2 Å². The Bertz CT molecular complexity index is 1970. The van der Waals surface area contributed by atoms with Crippen LogP contribution in [-0.2, 0) is 15.3 Å². The van der Waals surface area contributed by atoms with E-state index in [9.17, 15) is 29.2 Å². The number of amides is 1. The summed E-state index contributed by atoms with van der Waals surface area (Å²) in [5.41, 5.74) is 0.988. The fourth-order valence-corrected chi connectivity index (χ4v) is 6.84. The van der Waals surface area contributed by atoms with Crippen LogP contribution < -0.4 is 4.90 Å². The van der Waals surface area contributed by atoms with E-state index < -0.39 is 34.2 Å². The zero-order valence-corrected chi connectivity index (χ0v) is 24.1. The largest absolute Gasteiger partial charge is 0.507 e. The number of non-ortho nitro benzene ring substituents is 1. The summed E-state index contributed by atoms with van der Waals surface area (Å²) in [4.78, 5) is 38.9. The summed E-state index contributed by atoms with van der Waals surface area (Å²) in [6, 6.07) is 22.1. The number of aliphatic hydroxyl groups is 1. The topological polar surface area (TPSA) is 127 Å². The van der Waals surface area contributed by atoms with E-state index in [4.69, 9.17) is 0 Å². The van der Waals surface area contributed by atoms with Crippen molar-refractivity contribution in [2.45, 2.75) is 23.1 Å². The average Bonchev–Trinajstić information content (AvgIpc) is 3.58. The highest BCUT2D eigenvalue weighted by atomic mass is 32.2. The SMILES string of the molecule is Cc1ccc(C(O)=C2C(=O)C(=O)N(c3nnc(SCc4cccc5ccccc45)s3)[C@@H]2c2cccc([N+](=O)[O-])c2)cc1F. The number of carbonyl (C=O) groups excluding carboxylic acids is 2. The fraction of sp³-hybridized carbons (Fsp3) is 0.0968. The molecule has 0 spiro atoms. The Kier molecular flexibility index (Phi) is 7.46. The fourth-order valence-electron chi connectivity index (χ4n) is 4.97.